The predicted octanol–water partition coefficient (Wildman–Crippen LogP) is -0.552. The lowest BCUT2D eigenvalue weighted by Crippen LogP contribution is -2.33. The van der Waals surface area contributed by atoms with Gasteiger partial charge in [-0.05, 0) is 18.2 Å². The van der Waals surface area contributed by atoms with E-state index in [2.05, 4.69) is 10.6 Å². The Labute approximate surface area is 98.3 Å². The van der Waals surface area contributed by atoms with Gasteiger partial charge in [-0.3, -0.25) is 4.79 Å². The van der Waals surface area contributed by atoms with Crippen molar-refractivity contribution in [2.24, 2.45) is 11.5 Å². The van der Waals surface area contributed by atoms with E-state index in [1.807, 2.05) is 0 Å². The quantitative estimate of drug-likeness (QED) is 0.346. The van der Waals surface area contributed by atoms with E-state index in [4.69, 9.17) is 17.2 Å². The van der Waals surface area contributed by atoms with Crippen molar-refractivity contribution in [3.63, 3.8) is 0 Å². The van der Waals surface area contributed by atoms with E-state index in [0.29, 0.717) is 30.0 Å². The van der Waals surface area contributed by atoms with Crippen molar-refractivity contribution in [3.8, 4) is 0 Å². The average Bonchev–Trinajstić information content (AvgIpc) is 2.25. The second-order valence-electron chi connectivity index (χ2n) is 3.39. The fraction of sp³-hybridized carbons (Fsp3) is 0.200. The Balaban J connectivity index is 2.64. The first-order valence-electron chi connectivity index (χ1n) is 4.97. The van der Waals surface area contributed by atoms with Gasteiger partial charge in [-0.25, -0.2) is 4.79 Å². The summed E-state index contributed by atoms with van der Waals surface area (Å²) >= 11 is 0. The second kappa shape index (κ2) is 5.59. The van der Waals surface area contributed by atoms with Crippen LogP contribution in [0.25, 0.3) is 0 Å². The number of nitrogen functional groups attached to an aromatic ring is 1. The van der Waals surface area contributed by atoms with E-state index in [1.165, 1.54) is 6.07 Å². The van der Waals surface area contributed by atoms with E-state index in [0.717, 1.165) is 0 Å². The average molecular weight is 237 g/mol. The van der Waals surface area contributed by atoms with Crippen LogP contribution < -0.4 is 27.8 Å². The highest BCUT2D eigenvalue weighted by atomic mass is 16.2. The summed E-state index contributed by atoms with van der Waals surface area (Å²) in [5, 5.41) is 5.36. The van der Waals surface area contributed by atoms with Gasteiger partial charge in [-0.2, -0.15) is 0 Å². The minimum Gasteiger partial charge on any atom is -0.399 e. The van der Waals surface area contributed by atoms with Gasteiger partial charge in [0.25, 0.3) is 5.91 Å². The van der Waals surface area contributed by atoms with Crippen molar-refractivity contribution < 1.29 is 9.59 Å². The number of amides is 3. The zero-order chi connectivity index (χ0) is 12.8. The lowest BCUT2D eigenvalue weighted by Gasteiger charge is -2.10. The first-order chi connectivity index (χ1) is 8.00. The monoisotopic (exact) mass is 237 g/mol. The van der Waals surface area contributed by atoms with Gasteiger partial charge in [-0.1, -0.05) is 0 Å². The summed E-state index contributed by atoms with van der Waals surface area (Å²) < 4.78 is 0. The van der Waals surface area contributed by atoms with E-state index in [-0.39, 0.29) is 0 Å². The minimum atomic E-state index is -0.598. The number of anilines is 2. The molecule has 7 nitrogen and oxygen atoms in total. The van der Waals surface area contributed by atoms with Crippen molar-refractivity contribution in [2.45, 2.75) is 0 Å². The third kappa shape index (κ3) is 3.90. The number of nitrogens with one attached hydrogen (secondary N) is 2. The van der Waals surface area contributed by atoms with Crippen LogP contribution in [0.1, 0.15) is 10.4 Å². The van der Waals surface area contributed by atoms with Crippen LogP contribution in [0.2, 0.25) is 0 Å². The highest BCUT2D eigenvalue weighted by molar-refractivity contribution is 5.99. The number of nitrogens with two attached hydrogens (primary N) is 3. The molecular formula is C10H15N5O2. The van der Waals surface area contributed by atoms with Gasteiger partial charge in [0.1, 0.15) is 0 Å². The zero-order valence-electron chi connectivity index (χ0n) is 9.19. The number of hydrogen-bond donors (Lipinski definition) is 5. The molecule has 0 aliphatic carbocycles. The normalized spacial score (nSPS) is 9.65. The SMILES string of the molecule is NC(=O)NCCNc1ccc(N)cc1C(N)=O. The summed E-state index contributed by atoms with van der Waals surface area (Å²) in [6.45, 7) is 0.769. The molecule has 17 heavy (non-hydrogen) atoms. The molecule has 0 aromatic heterocycles. The summed E-state index contributed by atoms with van der Waals surface area (Å²) in [7, 11) is 0. The highest BCUT2D eigenvalue weighted by Gasteiger charge is 2.07. The molecule has 1 rings (SSSR count). The van der Waals surface area contributed by atoms with E-state index in [1.54, 1.807) is 12.1 Å². The molecule has 0 spiro atoms. The summed E-state index contributed by atoms with van der Waals surface area (Å²) in [5.74, 6) is -0.567. The fourth-order valence-electron chi connectivity index (χ4n) is 1.30. The summed E-state index contributed by atoms with van der Waals surface area (Å²) in [4.78, 5) is 21.6. The highest BCUT2D eigenvalue weighted by Crippen LogP contribution is 2.17. The Morgan fingerprint density at radius 3 is 2.47 bits per heavy atom. The maximum absolute atomic E-state index is 11.2. The van der Waals surface area contributed by atoms with Gasteiger partial charge in [-0.15, -0.1) is 0 Å². The number of carbonyl (C=O) groups excluding carboxylic acids is 2. The smallest absolute Gasteiger partial charge is 0.312 e. The van der Waals surface area contributed by atoms with Gasteiger partial charge >= 0.3 is 6.03 Å². The largest absolute Gasteiger partial charge is 0.399 e. The summed E-state index contributed by atoms with van der Waals surface area (Å²) in [6, 6.07) is 4.20. The van der Waals surface area contributed by atoms with Crippen LogP contribution in [0.15, 0.2) is 18.2 Å². The molecule has 0 atom stereocenters. The molecule has 0 bridgehead atoms. The maximum atomic E-state index is 11.2. The van der Waals surface area contributed by atoms with Crippen molar-refractivity contribution in [1.82, 2.24) is 5.32 Å². The molecule has 0 aliphatic heterocycles. The fourth-order valence-corrected chi connectivity index (χ4v) is 1.30. The van der Waals surface area contributed by atoms with Gasteiger partial charge < -0.3 is 27.8 Å². The first kappa shape index (κ1) is 12.6. The molecule has 0 unspecified atom stereocenters. The van der Waals surface area contributed by atoms with Gasteiger partial charge in [0.05, 0.1) is 5.56 Å². The molecule has 0 heterocycles. The number of urea groups is 1. The predicted molar refractivity (Wildman–Crippen MR) is 65.4 cm³/mol. The molecule has 0 fully saturated rings. The van der Waals surface area contributed by atoms with Crippen molar-refractivity contribution in [3.05, 3.63) is 23.8 Å². The van der Waals surface area contributed by atoms with Crippen LogP contribution >= 0.6 is 0 Å². The van der Waals surface area contributed by atoms with Gasteiger partial charge in [0, 0.05) is 24.5 Å². The molecule has 8 N–H and O–H groups in total. The second-order valence-corrected chi connectivity index (χ2v) is 3.39. The Morgan fingerprint density at radius 2 is 1.88 bits per heavy atom. The van der Waals surface area contributed by atoms with E-state index >= 15 is 0 Å². The summed E-state index contributed by atoms with van der Waals surface area (Å²) in [5.41, 5.74) is 17.0. The number of primary amides is 2. The van der Waals surface area contributed by atoms with Crippen LogP contribution in [0.3, 0.4) is 0 Å². The van der Waals surface area contributed by atoms with Crippen LogP contribution in [0.4, 0.5) is 16.2 Å². The molecule has 0 aliphatic rings. The van der Waals surface area contributed by atoms with Crippen molar-refractivity contribution in [1.29, 1.82) is 0 Å². The number of benzene rings is 1. The standard InChI is InChI=1S/C10H15N5O2/c11-6-1-2-8(7(5-6)9(12)16)14-3-4-15-10(13)17/h1-2,5,14H,3-4,11H2,(H2,12,16)(H3,13,15,17). The third-order valence-electron chi connectivity index (χ3n) is 2.05. The van der Waals surface area contributed by atoms with Crippen LogP contribution in [0, 0.1) is 0 Å². The molecule has 0 radical (unpaired) electrons. The van der Waals surface area contributed by atoms with Crippen molar-refractivity contribution in [2.75, 3.05) is 24.1 Å². The Hall–Kier alpha value is -2.44. The Bertz CT molecular complexity index is 433. The number of rotatable bonds is 5. The maximum Gasteiger partial charge on any atom is 0.312 e. The van der Waals surface area contributed by atoms with Gasteiger partial charge in [0.2, 0.25) is 0 Å². The summed E-state index contributed by atoms with van der Waals surface area (Å²) in [6.07, 6.45) is 0. The minimum absolute atomic E-state index is 0.309. The molecule has 0 saturated carbocycles. The molecule has 0 saturated heterocycles. The number of carbonyl (C=O) groups is 2. The molecule has 1 aromatic carbocycles. The van der Waals surface area contributed by atoms with Crippen LogP contribution in [-0.4, -0.2) is 25.0 Å². The first-order valence-corrected chi connectivity index (χ1v) is 4.97. The molecule has 92 valence electrons. The molecule has 3 amide bonds. The van der Waals surface area contributed by atoms with E-state index < -0.39 is 11.9 Å². The van der Waals surface area contributed by atoms with Crippen LogP contribution in [-0.2, 0) is 0 Å². The number of hydrogen-bond acceptors (Lipinski definition) is 4. The Kier molecular flexibility index (Phi) is 4.15. The Morgan fingerprint density at radius 1 is 1.18 bits per heavy atom. The lowest BCUT2D eigenvalue weighted by atomic mass is 10.1. The van der Waals surface area contributed by atoms with Crippen molar-refractivity contribution >= 4 is 23.3 Å². The molecule has 1 aromatic rings. The van der Waals surface area contributed by atoms with E-state index in [9.17, 15) is 9.59 Å². The topological polar surface area (TPSA) is 136 Å². The third-order valence-corrected chi connectivity index (χ3v) is 2.05. The lowest BCUT2D eigenvalue weighted by molar-refractivity contribution is 0.100. The molecule has 7 heteroatoms. The van der Waals surface area contributed by atoms with Crippen LogP contribution in [0.5, 0.6) is 0 Å². The molecular weight excluding hydrogens is 222 g/mol. The zero-order valence-corrected chi connectivity index (χ0v) is 9.19. The van der Waals surface area contributed by atoms with Gasteiger partial charge in [0.15, 0.2) is 0 Å².